The largest absolute Gasteiger partial charge is 0.316 e. The van der Waals surface area contributed by atoms with Crippen molar-refractivity contribution in [1.29, 1.82) is 0 Å². The minimum atomic E-state index is 0.709. The van der Waals surface area contributed by atoms with Crippen molar-refractivity contribution < 1.29 is 0 Å². The summed E-state index contributed by atoms with van der Waals surface area (Å²) < 4.78 is 0. The molecule has 1 N–H and O–H groups in total. The van der Waals surface area contributed by atoms with Crippen LogP contribution in [0.1, 0.15) is 39.5 Å². The van der Waals surface area contributed by atoms with Crippen LogP contribution >= 0.6 is 11.8 Å². The van der Waals surface area contributed by atoms with Gasteiger partial charge in [0.05, 0.1) is 0 Å². The van der Waals surface area contributed by atoms with E-state index in [0.29, 0.717) is 6.04 Å². The van der Waals surface area contributed by atoms with E-state index in [0.717, 1.165) is 12.0 Å². The first kappa shape index (κ1) is 13.7. The molecule has 100 valence electrons. The SMILES string of the molecule is CC(C)N(CC1CCCNC1)C1CCCSC1. The highest BCUT2D eigenvalue weighted by molar-refractivity contribution is 7.99. The molecule has 0 aromatic carbocycles. The summed E-state index contributed by atoms with van der Waals surface area (Å²) in [5.74, 6) is 3.63. The van der Waals surface area contributed by atoms with Gasteiger partial charge in [0.2, 0.25) is 0 Å². The number of nitrogens with zero attached hydrogens (tertiary/aromatic N) is 1. The second-order valence-electron chi connectivity index (χ2n) is 5.87. The molecule has 17 heavy (non-hydrogen) atoms. The van der Waals surface area contributed by atoms with Gasteiger partial charge in [-0.05, 0) is 64.3 Å². The smallest absolute Gasteiger partial charge is 0.0189 e. The van der Waals surface area contributed by atoms with Crippen molar-refractivity contribution in [3.05, 3.63) is 0 Å². The predicted octanol–water partition coefficient (Wildman–Crippen LogP) is 2.59. The highest BCUT2D eigenvalue weighted by Crippen LogP contribution is 2.25. The Bertz CT molecular complexity index is 208. The molecule has 0 spiro atoms. The highest BCUT2D eigenvalue weighted by Gasteiger charge is 2.26. The Morgan fingerprint density at radius 3 is 2.76 bits per heavy atom. The number of piperidine rings is 1. The Morgan fingerprint density at radius 2 is 2.18 bits per heavy atom. The molecule has 2 nitrogen and oxygen atoms in total. The maximum absolute atomic E-state index is 3.55. The van der Waals surface area contributed by atoms with Crippen LogP contribution in [0.15, 0.2) is 0 Å². The van der Waals surface area contributed by atoms with E-state index in [1.165, 1.54) is 56.8 Å². The zero-order valence-corrected chi connectivity index (χ0v) is 12.3. The minimum Gasteiger partial charge on any atom is -0.316 e. The third-order valence-corrected chi connectivity index (χ3v) is 5.33. The van der Waals surface area contributed by atoms with Crippen LogP contribution in [0.4, 0.5) is 0 Å². The Morgan fingerprint density at radius 1 is 1.29 bits per heavy atom. The Labute approximate surface area is 111 Å². The van der Waals surface area contributed by atoms with Crippen molar-refractivity contribution in [2.24, 2.45) is 5.92 Å². The van der Waals surface area contributed by atoms with Crippen LogP contribution in [0, 0.1) is 5.92 Å². The molecular formula is C14H28N2S. The molecule has 0 amide bonds. The fourth-order valence-corrected chi connectivity index (χ4v) is 4.31. The molecule has 2 fully saturated rings. The van der Waals surface area contributed by atoms with Gasteiger partial charge in [-0.15, -0.1) is 0 Å². The molecule has 0 radical (unpaired) electrons. The van der Waals surface area contributed by atoms with Crippen LogP contribution in [0.5, 0.6) is 0 Å². The normalized spacial score (nSPS) is 31.1. The first-order valence-electron chi connectivity index (χ1n) is 7.31. The molecule has 0 saturated carbocycles. The number of hydrogen-bond acceptors (Lipinski definition) is 3. The summed E-state index contributed by atoms with van der Waals surface area (Å²) >= 11 is 2.15. The van der Waals surface area contributed by atoms with Gasteiger partial charge < -0.3 is 5.32 Å². The van der Waals surface area contributed by atoms with E-state index in [1.54, 1.807) is 0 Å². The van der Waals surface area contributed by atoms with Gasteiger partial charge in [0.1, 0.15) is 0 Å². The third-order valence-electron chi connectivity index (χ3n) is 4.14. The topological polar surface area (TPSA) is 15.3 Å². The molecule has 2 aliphatic heterocycles. The fraction of sp³-hybridized carbons (Fsp3) is 1.00. The predicted molar refractivity (Wildman–Crippen MR) is 77.8 cm³/mol. The Hall–Kier alpha value is 0.270. The van der Waals surface area contributed by atoms with Crippen molar-refractivity contribution in [3.63, 3.8) is 0 Å². The van der Waals surface area contributed by atoms with E-state index in [2.05, 4.69) is 35.8 Å². The van der Waals surface area contributed by atoms with Gasteiger partial charge in [-0.2, -0.15) is 11.8 Å². The van der Waals surface area contributed by atoms with Crippen LogP contribution in [0.25, 0.3) is 0 Å². The lowest BCUT2D eigenvalue weighted by atomic mass is 9.97. The average Bonchev–Trinajstić information content (AvgIpc) is 2.38. The molecule has 2 atom stereocenters. The lowest BCUT2D eigenvalue weighted by molar-refractivity contribution is 0.122. The van der Waals surface area contributed by atoms with Crippen molar-refractivity contribution in [2.45, 2.75) is 51.6 Å². The maximum atomic E-state index is 3.55. The maximum Gasteiger partial charge on any atom is 0.0189 e. The van der Waals surface area contributed by atoms with Crippen LogP contribution in [-0.2, 0) is 0 Å². The van der Waals surface area contributed by atoms with Crippen molar-refractivity contribution >= 4 is 11.8 Å². The third kappa shape index (κ3) is 4.15. The second-order valence-corrected chi connectivity index (χ2v) is 7.02. The summed E-state index contributed by atoms with van der Waals surface area (Å²) in [6.07, 6.45) is 5.64. The molecule has 2 unspecified atom stereocenters. The van der Waals surface area contributed by atoms with Gasteiger partial charge in [-0.3, -0.25) is 4.90 Å². The lowest BCUT2D eigenvalue weighted by Crippen LogP contribution is -2.48. The van der Waals surface area contributed by atoms with Crippen LogP contribution in [-0.4, -0.2) is 48.1 Å². The van der Waals surface area contributed by atoms with E-state index in [9.17, 15) is 0 Å². The minimum absolute atomic E-state index is 0.709. The van der Waals surface area contributed by atoms with Crippen molar-refractivity contribution in [3.8, 4) is 0 Å². The van der Waals surface area contributed by atoms with Crippen LogP contribution < -0.4 is 5.32 Å². The number of hydrogen-bond donors (Lipinski definition) is 1. The monoisotopic (exact) mass is 256 g/mol. The average molecular weight is 256 g/mol. The van der Waals surface area contributed by atoms with Gasteiger partial charge in [0.25, 0.3) is 0 Å². The number of thioether (sulfide) groups is 1. The second kappa shape index (κ2) is 7.01. The number of rotatable bonds is 4. The fourth-order valence-electron chi connectivity index (χ4n) is 3.14. The molecule has 0 aromatic rings. The van der Waals surface area contributed by atoms with Crippen molar-refractivity contribution in [1.82, 2.24) is 10.2 Å². The summed E-state index contributed by atoms with van der Waals surface area (Å²) in [4.78, 5) is 2.78. The highest BCUT2D eigenvalue weighted by atomic mass is 32.2. The Balaban J connectivity index is 1.86. The van der Waals surface area contributed by atoms with E-state index in [1.807, 2.05) is 0 Å². The molecule has 2 heterocycles. The molecule has 2 saturated heterocycles. The summed E-state index contributed by atoms with van der Waals surface area (Å²) in [6, 6.07) is 1.55. The summed E-state index contributed by atoms with van der Waals surface area (Å²) in [5, 5.41) is 3.55. The number of nitrogens with one attached hydrogen (secondary N) is 1. The molecular weight excluding hydrogens is 228 g/mol. The molecule has 0 bridgehead atoms. The zero-order chi connectivity index (χ0) is 12.1. The van der Waals surface area contributed by atoms with E-state index >= 15 is 0 Å². The molecule has 2 aliphatic rings. The van der Waals surface area contributed by atoms with Crippen LogP contribution in [0.2, 0.25) is 0 Å². The van der Waals surface area contributed by atoms with Gasteiger partial charge in [-0.1, -0.05) is 0 Å². The van der Waals surface area contributed by atoms with Crippen LogP contribution in [0.3, 0.4) is 0 Å². The molecule has 0 aromatic heterocycles. The van der Waals surface area contributed by atoms with Gasteiger partial charge in [0.15, 0.2) is 0 Å². The van der Waals surface area contributed by atoms with Gasteiger partial charge >= 0.3 is 0 Å². The van der Waals surface area contributed by atoms with E-state index in [-0.39, 0.29) is 0 Å². The van der Waals surface area contributed by atoms with Gasteiger partial charge in [-0.25, -0.2) is 0 Å². The summed E-state index contributed by atoms with van der Waals surface area (Å²) in [6.45, 7) is 8.53. The van der Waals surface area contributed by atoms with E-state index < -0.39 is 0 Å². The van der Waals surface area contributed by atoms with Gasteiger partial charge in [0, 0.05) is 24.4 Å². The summed E-state index contributed by atoms with van der Waals surface area (Å²) in [5.41, 5.74) is 0. The first-order valence-corrected chi connectivity index (χ1v) is 8.47. The van der Waals surface area contributed by atoms with Crippen molar-refractivity contribution in [2.75, 3.05) is 31.1 Å². The lowest BCUT2D eigenvalue weighted by Gasteiger charge is -2.40. The first-order chi connectivity index (χ1) is 8.27. The zero-order valence-electron chi connectivity index (χ0n) is 11.5. The molecule has 2 rings (SSSR count). The Kier molecular flexibility index (Phi) is 5.64. The quantitative estimate of drug-likeness (QED) is 0.832. The summed E-state index contributed by atoms with van der Waals surface area (Å²) in [7, 11) is 0. The molecule has 3 heteroatoms. The standard InChI is InChI=1S/C14H28N2S/c1-12(2)16(14-6-4-8-17-11-14)10-13-5-3-7-15-9-13/h12-15H,3-11H2,1-2H3. The van der Waals surface area contributed by atoms with E-state index in [4.69, 9.17) is 0 Å². The molecule has 0 aliphatic carbocycles.